The van der Waals surface area contributed by atoms with Gasteiger partial charge in [-0.05, 0) is 59.9 Å². The predicted octanol–water partition coefficient (Wildman–Crippen LogP) is 5.82. The fraction of sp³-hybridized carbons (Fsp3) is 0.469. The smallest absolute Gasteiger partial charge is 0.255 e. The third-order valence-electron chi connectivity index (χ3n) is 6.91. The van der Waals surface area contributed by atoms with Gasteiger partial charge in [0.15, 0.2) is 0 Å². The first kappa shape index (κ1) is 32.2. The number of carbonyl (C=O) groups excluding carboxylic acids is 1. The molecule has 41 heavy (non-hydrogen) atoms. The highest BCUT2D eigenvalue weighted by Gasteiger charge is 2.23. The Balaban J connectivity index is 1.64. The average Bonchev–Trinajstić information content (AvgIpc) is 2.89. The monoisotopic (exact) mass is 583 g/mol. The molecule has 0 radical (unpaired) electrons. The highest BCUT2D eigenvalue weighted by Crippen LogP contribution is 2.36. The first-order valence-electron chi connectivity index (χ1n) is 14.2. The Morgan fingerprint density at radius 2 is 1.61 bits per heavy atom. The summed E-state index contributed by atoms with van der Waals surface area (Å²) in [6, 6.07) is 14.6. The number of carbonyl (C=O) groups is 1. The van der Waals surface area contributed by atoms with Crippen molar-refractivity contribution < 1.29 is 23.1 Å². The van der Waals surface area contributed by atoms with Gasteiger partial charge in [-0.15, -0.1) is 0 Å². The maximum Gasteiger partial charge on any atom is 0.255 e. The summed E-state index contributed by atoms with van der Waals surface area (Å²) in [5.41, 5.74) is 8.12. The molecular formula is C32H45N3O5S. The number of aromatic hydroxyl groups is 1. The Morgan fingerprint density at radius 3 is 2.24 bits per heavy atom. The second kappa shape index (κ2) is 13.1. The van der Waals surface area contributed by atoms with E-state index >= 15 is 0 Å². The predicted molar refractivity (Wildman–Crippen MR) is 168 cm³/mol. The van der Waals surface area contributed by atoms with E-state index < -0.39 is 15.9 Å². The molecule has 3 rings (SSSR count). The minimum Gasteiger partial charge on any atom is -0.506 e. The van der Waals surface area contributed by atoms with Crippen molar-refractivity contribution in [2.45, 2.75) is 71.6 Å². The van der Waals surface area contributed by atoms with Gasteiger partial charge in [0.2, 0.25) is 10.0 Å². The van der Waals surface area contributed by atoms with E-state index in [1.54, 1.807) is 24.3 Å². The molecule has 3 aromatic rings. The van der Waals surface area contributed by atoms with Gasteiger partial charge in [0, 0.05) is 17.3 Å². The van der Waals surface area contributed by atoms with E-state index in [2.05, 4.69) is 63.7 Å². The molecule has 3 aromatic carbocycles. The Labute approximate surface area is 244 Å². The van der Waals surface area contributed by atoms with Crippen LogP contribution in [-0.4, -0.2) is 44.9 Å². The van der Waals surface area contributed by atoms with Crippen molar-refractivity contribution in [3.63, 3.8) is 0 Å². The van der Waals surface area contributed by atoms with E-state index in [0.717, 1.165) is 12.2 Å². The number of sulfonamides is 1. The van der Waals surface area contributed by atoms with E-state index in [0.29, 0.717) is 36.8 Å². The summed E-state index contributed by atoms with van der Waals surface area (Å²) in [4.78, 5) is 13.0. The zero-order chi connectivity index (χ0) is 30.4. The van der Waals surface area contributed by atoms with Crippen molar-refractivity contribution in [1.29, 1.82) is 0 Å². The third-order valence-corrected chi connectivity index (χ3v) is 8.27. The van der Waals surface area contributed by atoms with Crippen molar-refractivity contribution in [3.05, 3.63) is 65.2 Å². The van der Waals surface area contributed by atoms with Crippen LogP contribution in [0.3, 0.4) is 0 Å². The van der Waals surface area contributed by atoms with Gasteiger partial charge in [-0.3, -0.25) is 9.52 Å². The Kier molecular flexibility index (Phi) is 10.3. The fourth-order valence-corrected chi connectivity index (χ4v) is 5.68. The summed E-state index contributed by atoms with van der Waals surface area (Å²) in [5.74, 6) is 0.0569. The van der Waals surface area contributed by atoms with Gasteiger partial charge in [-0.2, -0.15) is 0 Å². The molecular weight excluding hydrogens is 538 g/mol. The first-order chi connectivity index (χ1) is 19.1. The lowest BCUT2D eigenvalue weighted by atomic mass is 9.80. The molecule has 0 aliphatic carbocycles. The number of benzene rings is 3. The Hall–Kier alpha value is -3.30. The van der Waals surface area contributed by atoms with E-state index in [4.69, 9.17) is 10.5 Å². The first-order valence-corrected chi connectivity index (χ1v) is 15.8. The number of phenols is 1. The van der Waals surface area contributed by atoms with E-state index in [1.165, 1.54) is 17.2 Å². The van der Waals surface area contributed by atoms with Gasteiger partial charge >= 0.3 is 0 Å². The summed E-state index contributed by atoms with van der Waals surface area (Å²) in [7, 11) is -3.67. The highest BCUT2D eigenvalue weighted by molar-refractivity contribution is 7.92. The van der Waals surface area contributed by atoms with Crippen LogP contribution >= 0.6 is 0 Å². The van der Waals surface area contributed by atoms with E-state index in [1.807, 2.05) is 6.07 Å². The quantitative estimate of drug-likeness (QED) is 0.157. The topological polar surface area (TPSA) is 131 Å². The molecule has 0 spiro atoms. The number of amides is 1. The normalized spacial score (nSPS) is 12.4. The largest absolute Gasteiger partial charge is 0.506 e. The summed E-state index contributed by atoms with van der Waals surface area (Å²) in [6.45, 7) is 14.3. The number of fused-ring (bicyclic) bond motifs is 1. The van der Waals surface area contributed by atoms with Gasteiger partial charge in [0.1, 0.15) is 11.5 Å². The van der Waals surface area contributed by atoms with Crippen LogP contribution in [0, 0.1) is 0 Å². The van der Waals surface area contributed by atoms with E-state index in [-0.39, 0.29) is 40.1 Å². The minimum atomic E-state index is -3.67. The number of nitrogens with two attached hydrogens (primary N) is 1. The average molecular weight is 584 g/mol. The van der Waals surface area contributed by atoms with Crippen LogP contribution < -0.4 is 20.5 Å². The molecule has 0 unspecified atom stereocenters. The molecule has 0 aromatic heterocycles. The lowest BCUT2D eigenvalue weighted by molar-refractivity contribution is 0.0950. The summed E-state index contributed by atoms with van der Waals surface area (Å²) < 4.78 is 33.8. The van der Waals surface area contributed by atoms with Crippen LogP contribution in [0.1, 0.15) is 82.3 Å². The molecule has 0 bridgehead atoms. The molecule has 224 valence electrons. The zero-order valence-corrected chi connectivity index (χ0v) is 26.0. The molecule has 8 nitrogen and oxygen atoms in total. The fourth-order valence-electron chi connectivity index (χ4n) is 4.52. The van der Waals surface area contributed by atoms with Crippen LogP contribution in [0.15, 0.2) is 48.5 Å². The third kappa shape index (κ3) is 8.60. The molecule has 0 saturated carbocycles. The number of nitrogens with one attached hydrogen (secondary N) is 2. The Morgan fingerprint density at radius 1 is 0.927 bits per heavy atom. The molecule has 5 N–H and O–H groups in total. The number of rotatable bonds is 12. The molecule has 0 aliphatic rings. The molecule has 0 heterocycles. The lowest BCUT2D eigenvalue weighted by Crippen LogP contribution is -2.25. The molecule has 0 aliphatic heterocycles. The maximum absolute atomic E-state index is 13.0. The van der Waals surface area contributed by atoms with E-state index in [9.17, 15) is 18.3 Å². The van der Waals surface area contributed by atoms with Gasteiger partial charge < -0.3 is 20.9 Å². The standard InChI is InChI=1S/C32H45N3O5S/c1-31(2,3)22-14-15-28(26(20-22)32(4,5)6)40-18-10-9-17-34-30(37)25-21-27(35-41(38,39)19-11-16-33)23-12-7-8-13-24(23)29(25)36/h7-8,12-15,20-21,35-36H,9-11,16-19,33H2,1-6H3,(H,34,37). The van der Waals surface area contributed by atoms with Crippen LogP contribution in [0.25, 0.3) is 10.8 Å². The summed E-state index contributed by atoms with van der Waals surface area (Å²) in [5, 5.41) is 14.6. The van der Waals surface area contributed by atoms with Gasteiger partial charge in [-0.1, -0.05) is 77.9 Å². The number of anilines is 1. The van der Waals surface area contributed by atoms with Crippen molar-refractivity contribution in [1.82, 2.24) is 5.32 Å². The molecule has 9 heteroatoms. The zero-order valence-electron chi connectivity index (χ0n) is 25.1. The molecule has 1 amide bonds. The Bertz CT molecular complexity index is 1470. The summed E-state index contributed by atoms with van der Waals surface area (Å²) in [6.07, 6.45) is 1.70. The molecule has 0 fully saturated rings. The SMILES string of the molecule is CC(C)(C)c1ccc(OCCCCNC(=O)c2cc(NS(=O)(=O)CCCN)c3ccccc3c2O)c(C(C)(C)C)c1. The molecule has 0 atom stereocenters. The number of hydrogen-bond donors (Lipinski definition) is 4. The van der Waals surface area contributed by atoms with Crippen LogP contribution in [-0.2, 0) is 20.9 Å². The van der Waals surface area contributed by atoms with Crippen molar-refractivity contribution in [2.75, 3.05) is 30.2 Å². The second-order valence-corrected chi connectivity index (χ2v) is 14.3. The number of phenolic OH excluding ortho intramolecular Hbond substituents is 1. The lowest BCUT2D eigenvalue weighted by Gasteiger charge is -2.27. The second-order valence-electron chi connectivity index (χ2n) is 12.5. The van der Waals surface area contributed by atoms with Gasteiger partial charge in [0.25, 0.3) is 5.91 Å². The van der Waals surface area contributed by atoms with Crippen molar-refractivity contribution >= 4 is 32.4 Å². The van der Waals surface area contributed by atoms with Crippen LogP contribution in [0.5, 0.6) is 11.5 Å². The molecule has 0 saturated heterocycles. The maximum atomic E-state index is 13.0. The summed E-state index contributed by atoms with van der Waals surface area (Å²) >= 11 is 0. The highest BCUT2D eigenvalue weighted by atomic mass is 32.2. The van der Waals surface area contributed by atoms with Crippen molar-refractivity contribution in [3.8, 4) is 11.5 Å². The van der Waals surface area contributed by atoms with Crippen molar-refractivity contribution in [2.24, 2.45) is 5.73 Å². The minimum absolute atomic E-state index is 0.00484. The number of unbranched alkanes of at least 4 members (excludes halogenated alkanes) is 1. The van der Waals surface area contributed by atoms with Gasteiger partial charge in [-0.25, -0.2) is 8.42 Å². The van der Waals surface area contributed by atoms with Crippen LogP contribution in [0.4, 0.5) is 5.69 Å². The number of ether oxygens (including phenoxy) is 1. The van der Waals surface area contributed by atoms with Gasteiger partial charge in [0.05, 0.1) is 23.6 Å². The van der Waals surface area contributed by atoms with Crippen LogP contribution in [0.2, 0.25) is 0 Å². The number of hydrogen-bond acceptors (Lipinski definition) is 6.